The molecule has 0 radical (unpaired) electrons. The summed E-state index contributed by atoms with van der Waals surface area (Å²) in [5, 5.41) is -0.269. The van der Waals surface area contributed by atoms with Gasteiger partial charge in [-0.15, -0.1) is 0 Å². The molecule has 0 unspecified atom stereocenters. The fourth-order valence-corrected chi connectivity index (χ4v) is 5.23. The number of ether oxygens (including phenoxy) is 2. The van der Waals surface area contributed by atoms with Crippen LogP contribution in [0.2, 0.25) is 0 Å². The first-order chi connectivity index (χ1) is 15.9. The molecule has 1 aliphatic heterocycles. The third-order valence-electron chi connectivity index (χ3n) is 4.90. The minimum Gasteiger partial charge on any atom is -0.493 e. The Morgan fingerprint density at radius 3 is 2.39 bits per heavy atom. The topological polar surface area (TPSA) is 55.8 Å². The molecule has 5 nitrogen and oxygen atoms in total. The average molecular weight is 683 g/mol. The second-order valence-corrected chi connectivity index (χ2v) is 10.6. The van der Waals surface area contributed by atoms with Crippen molar-refractivity contribution in [3.63, 3.8) is 0 Å². The number of methoxy groups -OCH3 is 1. The fourth-order valence-electron chi connectivity index (χ4n) is 3.25. The number of hydrogen-bond acceptors (Lipinski definition) is 5. The van der Waals surface area contributed by atoms with Crippen LogP contribution in [-0.4, -0.2) is 23.2 Å². The van der Waals surface area contributed by atoms with Crippen LogP contribution in [0, 0.1) is 7.14 Å². The third kappa shape index (κ3) is 5.90. The highest BCUT2D eigenvalue weighted by atomic mass is 127. The van der Waals surface area contributed by atoms with Crippen molar-refractivity contribution in [3.05, 3.63) is 95.5 Å². The van der Waals surface area contributed by atoms with Crippen molar-refractivity contribution in [2.24, 2.45) is 0 Å². The number of imide groups is 1. The molecule has 0 bridgehead atoms. The van der Waals surface area contributed by atoms with Crippen molar-refractivity contribution in [2.45, 2.75) is 13.2 Å². The zero-order chi connectivity index (χ0) is 23.4. The molecule has 33 heavy (non-hydrogen) atoms. The van der Waals surface area contributed by atoms with E-state index in [1.54, 1.807) is 13.2 Å². The Hall–Kier alpha value is -2.05. The highest BCUT2D eigenvalue weighted by Gasteiger charge is 2.35. The molecule has 0 aliphatic carbocycles. The number of hydrogen-bond donors (Lipinski definition) is 0. The van der Waals surface area contributed by atoms with E-state index in [1.165, 1.54) is 4.90 Å². The largest absolute Gasteiger partial charge is 0.493 e. The van der Waals surface area contributed by atoms with E-state index in [0.717, 1.165) is 35.6 Å². The van der Waals surface area contributed by atoms with Crippen molar-refractivity contribution in [1.29, 1.82) is 0 Å². The number of halogens is 2. The number of nitrogens with zero attached hydrogens (tertiary/aromatic N) is 1. The van der Waals surface area contributed by atoms with Gasteiger partial charge in [-0.25, -0.2) is 0 Å². The summed E-state index contributed by atoms with van der Waals surface area (Å²) >= 11 is 5.37. The van der Waals surface area contributed by atoms with Gasteiger partial charge < -0.3 is 9.47 Å². The first kappa shape index (κ1) is 24.1. The van der Waals surface area contributed by atoms with Gasteiger partial charge in [0, 0.05) is 3.57 Å². The minimum atomic E-state index is -0.290. The van der Waals surface area contributed by atoms with Crippen molar-refractivity contribution >= 4 is 74.2 Å². The minimum absolute atomic E-state index is 0.256. The van der Waals surface area contributed by atoms with Gasteiger partial charge in [0.05, 0.1) is 22.1 Å². The molecule has 0 aromatic heterocycles. The molecule has 0 atom stereocenters. The van der Waals surface area contributed by atoms with Crippen molar-refractivity contribution in [3.8, 4) is 11.5 Å². The summed E-state index contributed by atoms with van der Waals surface area (Å²) in [5.41, 5.74) is 2.74. The Kier molecular flexibility index (Phi) is 7.97. The van der Waals surface area contributed by atoms with Crippen LogP contribution in [0.15, 0.2) is 71.6 Å². The maximum atomic E-state index is 12.9. The Bertz CT molecular complexity index is 1210. The first-order valence-corrected chi connectivity index (χ1v) is 13.0. The molecular weight excluding hydrogens is 664 g/mol. The molecule has 0 N–H and O–H groups in total. The van der Waals surface area contributed by atoms with Crippen LogP contribution < -0.4 is 9.47 Å². The maximum absolute atomic E-state index is 12.9. The zero-order valence-electron chi connectivity index (χ0n) is 17.6. The highest BCUT2D eigenvalue weighted by molar-refractivity contribution is 14.1. The summed E-state index contributed by atoms with van der Waals surface area (Å²) in [6.07, 6.45) is 1.73. The van der Waals surface area contributed by atoms with Gasteiger partial charge in [-0.05, 0) is 104 Å². The molecule has 1 fully saturated rings. The standard InChI is InChI=1S/C25H19I2NO4S/c1-31-21-12-18(11-20(27)23(21)32-15-17-5-3-2-4-6-17)13-22-24(29)28(25(30)33-22)14-16-7-9-19(26)10-8-16/h2-13H,14-15H2,1H3/b22-13-. The van der Waals surface area contributed by atoms with Crippen LogP contribution in [0.5, 0.6) is 11.5 Å². The van der Waals surface area contributed by atoms with Crippen LogP contribution in [0.25, 0.3) is 6.08 Å². The van der Waals surface area contributed by atoms with Crippen LogP contribution >= 0.6 is 56.9 Å². The number of carbonyl (C=O) groups is 2. The van der Waals surface area contributed by atoms with Crippen molar-refractivity contribution in [2.75, 3.05) is 7.11 Å². The molecule has 0 spiro atoms. The molecule has 1 saturated heterocycles. The molecule has 2 amide bonds. The number of amides is 2. The maximum Gasteiger partial charge on any atom is 0.293 e. The molecule has 3 aromatic carbocycles. The van der Waals surface area contributed by atoms with Gasteiger partial charge in [-0.3, -0.25) is 14.5 Å². The normalized spacial score (nSPS) is 14.8. The Balaban J connectivity index is 1.53. The highest BCUT2D eigenvalue weighted by Crippen LogP contribution is 2.38. The summed E-state index contributed by atoms with van der Waals surface area (Å²) in [6.45, 7) is 0.677. The van der Waals surface area contributed by atoms with Crippen LogP contribution in [0.4, 0.5) is 4.79 Å². The smallest absolute Gasteiger partial charge is 0.293 e. The Morgan fingerprint density at radius 1 is 0.970 bits per heavy atom. The van der Waals surface area contributed by atoms with E-state index in [2.05, 4.69) is 45.2 Å². The summed E-state index contributed by atoms with van der Waals surface area (Å²) in [6, 6.07) is 21.4. The number of carbonyl (C=O) groups excluding carboxylic acids is 2. The van der Waals surface area contributed by atoms with E-state index in [9.17, 15) is 9.59 Å². The van der Waals surface area contributed by atoms with E-state index in [-0.39, 0.29) is 17.7 Å². The summed E-state index contributed by atoms with van der Waals surface area (Å²) in [7, 11) is 1.58. The molecular formula is C25H19I2NO4S. The van der Waals surface area contributed by atoms with E-state index in [0.29, 0.717) is 23.0 Å². The third-order valence-corrected chi connectivity index (χ3v) is 7.33. The van der Waals surface area contributed by atoms with E-state index < -0.39 is 0 Å². The zero-order valence-corrected chi connectivity index (χ0v) is 22.7. The van der Waals surface area contributed by atoms with Gasteiger partial charge in [0.25, 0.3) is 11.1 Å². The lowest BCUT2D eigenvalue weighted by Gasteiger charge is -2.14. The van der Waals surface area contributed by atoms with E-state index >= 15 is 0 Å². The van der Waals surface area contributed by atoms with Gasteiger partial charge in [-0.2, -0.15) is 0 Å². The molecule has 168 valence electrons. The van der Waals surface area contributed by atoms with Gasteiger partial charge in [-0.1, -0.05) is 42.5 Å². The molecule has 1 aliphatic rings. The number of benzene rings is 3. The predicted molar refractivity (Wildman–Crippen MR) is 147 cm³/mol. The van der Waals surface area contributed by atoms with Crippen LogP contribution in [0.3, 0.4) is 0 Å². The second kappa shape index (κ2) is 10.9. The summed E-state index contributed by atoms with van der Waals surface area (Å²) in [5.74, 6) is 0.926. The Labute approximate surface area is 223 Å². The van der Waals surface area contributed by atoms with Crippen LogP contribution in [0.1, 0.15) is 16.7 Å². The van der Waals surface area contributed by atoms with Gasteiger partial charge in [0.2, 0.25) is 0 Å². The van der Waals surface area contributed by atoms with E-state index in [4.69, 9.17) is 9.47 Å². The molecule has 0 saturated carbocycles. The van der Waals surface area contributed by atoms with E-state index in [1.807, 2.05) is 66.7 Å². The SMILES string of the molecule is COc1cc(/C=C2\SC(=O)N(Cc3ccc(I)cc3)C2=O)cc(I)c1OCc1ccccc1. The fraction of sp³-hybridized carbons (Fsp3) is 0.120. The van der Waals surface area contributed by atoms with Gasteiger partial charge in [0.15, 0.2) is 11.5 Å². The monoisotopic (exact) mass is 683 g/mol. The predicted octanol–water partition coefficient (Wildman–Crippen LogP) is 6.72. The molecule has 4 rings (SSSR count). The summed E-state index contributed by atoms with van der Waals surface area (Å²) in [4.78, 5) is 27.1. The molecule has 3 aromatic rings. The van der Waals surface area contributed by atoms with Crippen molar-refractivity contribution < 1.29 is 19.1 Å². The van der Waals surface area contributed by atoms with Gasteiger partial charge in [0.1, 0.15) is 6.61 Å². The Morgan fingerprint density at radius 2 is 1.70 bits per heavy atom. The van der Waals surface area contributed by atoms with Crippen molar-refractivity contribution in [1.82, 2.24) is 4.90 Å². The number of rotatable bonds is 7. The number of thioether (sulfide) groups is 1. The second-order valence-electron chi connectivity index (χ2n) is 7.20. The lowest BCUT2D eigenvalue weighted by molar-refractivity contribution is -0.123. The van der Waals surface area contributed by atoms with Gasteiger partial charge >= 0.3 is 0 Å². The molecule has 1 heterocycles. The first-order valence-electron chi connectivity index (χ1n) is 9.98. The quantitative estimate of drug-likeness (QED) is 0.205. The van der Waals surface area contributed by atoms with Crippen LogP contribution in [-0.2, 0) is 17.9 Å². The summed E-state index contributed by atoms with van der Waals surface area (Å²) < 4.78 is 13.5. The molecule has 8 heteroatoms. The average Bonchev–Trinajstić information content (AvgIpc) is 3.07. The lowest BCUT2D eigenvalue weighted by Crippen LogP contribution is -2.27. The lowest BCUT2D eigenvalue weighted by atomic mass is 10.1.